The van der Waals surface area contributed by atoms with Crippen LogP contribution in [0, 0.1) is 0 Å². The Bertz CT molecular complexity index is 426. The second-order valence-corrected chi connectivity index (χ2v) is 3.79. The minimum Gasteiger partial charge on any atom is -0.366 e. The van der Waals surface area contributed by atoms with Gasteiger partial charge < -0.3 is 5.73 Å². The van der Waals surface area contributed by atoms with E-state index in [4.69, 9.17) is 10.3 Å². The van der Waals surface area contributed by atoms with Gasteiger partial charge in [-0.1, -0.05) is 0 Å². The molecule has 5 nitrogen and oxygen atoms in total. The molecule has 1 rings (SSSR count). The molecule has 0 bridgehead atoms. The van der Waals surface area contributed by atoms with Gasteiger partial charge in [-0.3, -0.25) is 9.35 Å². The zero-order chi connectivity index (χ0) is 10.1. The van der Waals surface area contributed by atoms with Gasteiger partial charge in [0, 0.05) is 5.56 Å². The first-order valence-electron chi connectivity index (χ1n) is 3.28. The fourth-order valence-corrected chi connectivity index (χ4v) is 1.27. The van der Waals surface area contributed by atoms with Crippen LogP contribution in [0.25, 0.3) is 0 Å². The molecule has 1 amide bonds. The molecule has 0 aliphatic carbocycles. The number of benzene rings is 1. The number of amides is 1. The Morgan fingerprint density at radius 1 is 1.21 bits per heavy atom. The Labute approximate surface area is 87.1 Å². The zero-order valence-corrected chi connectivity index (χ0v) is 8.51. The van der Waals surface area contributed by atoms with Crippen molar-refractivity contribution in [3.8, 4) is 0 Å². The molecule has 0 saturated carbocycles. The van der Waals surface area contributed by atoms with Crippen molar-refractivity contribution in [3.05, 3.63) is 29.8 Å². The van der Waals surface area contributed by atoms with E-state index < -0.39 is 16.0 Å². The summed E-state index contributed by atoms with van der Waals surface area (Å²) in [7, 11) is -4.20. The first kappa shape index (κ1) is 12.9. The fraction of sp³-hybridized carbons (Fsp3) is 0. The highest BCUT2D eigenvalue weighted by molar-refractivity contribution is 7.85. The molecule has 0 spiro atoms. The molecule has 3 N–H and O–H groups in total. The summed E-state index contributed by atoms with van der Waals surface area (Å²) in [5.41, 5.74) is 5.11. The quantitative estimate of drug-likeness (QED) is 0.730. The van der Waals surface area contributed by atoms with Gasteiger partial charge in [-0.05, 0) is 24.3 Å². The van der Waals surface area contributed by atoms with Crippen LogP contribution in [0.4, 0.5) is 0 Å². The summed E-state index contributed by atoms with van der Waals surface area (Å²) >= 11 is 0. The first-order chi connectivity index (χ1) is 5.91. The topological polar surface area (TPSA) is 97.5 Å². The Hall–Kier alpha value is -1.11. The zero-order valence-electron chi connectivity index (χ0n) is 6.88. The van der Waals surface area contributed by atoms with Crippen LogP contribution in [0.2, 0.25) is 0 Å². The molecule has 0 radical (unpaired) electrons. The van der Waals surface area contributed by atoms with Gasteiger partial charge in [-0.15, -0.1) is 12.4 Å². The molecule has 0 aliphatic heterocycles. The highest BCUT2D eigenvalue weighted by Gasteiger charge is 2.09. The van der Waals surface area contributed by atoms with E-state index in [1.807, 2.05) is 0 Å². The van der Waals surface area contributed by atoms with E-state index in [0.29, 0.717) is 0 Å². The average molecular weight is 238 g/mol. The summed E-state index contributed by atoms with van der Waals surface area (Å²) in [4.78, 5) is 10.3. The lowest BCUT2D eigenvalue weighted by Gasteiger charge is -1.97. The van der Waals surface area contributed by atoms with Gasteiger partial charge in [-0.2, -0.15) is 8.42 Å². The molecule has 0 unspecified atom stereocenters. The predicted octanol–water partition coefficient (Wildman–Crippen LogP) is 0.454. The molecule has 7 heteroatoms. The summed E-state index contributed by atoms with van der Waals surface area (Å²) in [6, 6.07) is 4.67. The minimum atomic E-state index is -4.20. The van der Waals surface area contributed by atoms with E-state index in [0.717, 1.165) is 12.1 Å². The lowest BCUT2D eigenvalue weighted by Crippen LogP contribution is -2.10. The molecule has 0 atom stereocenters. The van der Waals surface area contributed by atoms with Crippen LogP contribution in [0.1, 0.15) is 10.4 Å². The normalized spacial score (nSPS) is 10.4. The van der Waals surface area contributed by atoms with Gasteiger partial charge in [0.1, 0.15) is 0 Å². The Balaban J connectivity index is 0.00000169. The number of carbonyl (C=O) groups excluding carboxylic acids is 1. The van der Waals surface area contributed by atoms with Crippen LogP contribution < -0.4 is 5.73 Å². The molecule has 1 aromatic carbocycles. The van der Waals surface area contributed by atoms with Gasteiger partial charge in [0.25, 0.3) is 10.1 Å². The Morgan fingerprint density at radius 2 is 1.64 bits per heavy atom. The number of nitrogens with two attached hydrogens (primary N) is 1. The van der Waals surface area contributed by atoms with E-state index in [1.165, 1.54) is 12.1 Å². The van der Waals surface area contributed by atoms with Crippen molar-refractivity contribution in [3.63, 3.8) is 0 Å². The van der Waals surface area contributed by atoms with Crippen molar-refractivity contribution < 1.29 is 17.8 Å². The monoisotopic (exact) mass is 237 g/mol. The van der Waals surface area contributed by atoms with Crippen LogP contribution in [-0.2, 0) is 10.1 Å². The SMILES string of the molecule is Cl.NC(=O)c1ccc(S(=O)(=O)O)cc1. The van der Waals surface area contributed by atoms with E-state index in [-0.39, 0.29) is 22.9 Å². The van der Waals surface area contributed by atoms with Crippen LogP contribution >= 0.6 is 12.4 Å². The van der Waals surface area contributed by atoms with Gasteiger partial charge in [0.15, 0.2) is 0 Å². The van der Waals surface area contributed by atoms with Crippen LogP contribution in [0.5, 0.6) is 0 Å². The molecule has 0 aromatic heterocycles. The largest absolute Gasteiger partial charge is 0.366 e. The van der Waals surface area contributed by atoms with E-state index in [2.05, 4.69) is 0 Å². The molecule has 0 heterocycles. The molecule has 0 fully saturated rings. The number of carbonyl (C=O) groups is 1. The van der Waals surface area contributed by atoms with E-state index in [9.17, 15) is 13.2 Å². The molecule has 14 heavy (non-hydrogen) atoms. The van der Waals surface area contributed by atoms with Gasteiger partial charge >= 0.3 is 0 Å². The van der Waals surface area contributed by atoms with Crippen molar-refractivity contribution in [2.75, 3.05) is 0 Å². The van der Waals surface area contributed by atoms with Crippen molar-refractivity contribution in [2.45, 2.75) is 4.90 Å². The third kappa shape index (κ3) is 2.99. The standard InChI is InChI=1S/C7H7NO4S.ClH/c8-7(9)5-1-3-6(4-2-5)13(10,11)12;/h1-4H,(H2,8,9)(H,10,11,12);1H. The average Bonchev–Trinajstić information content (AvgIpc) is 2.03. The molecule has 78 valence electrons. The second-order valence-electron chi connectivity index (χ2n) is 2.36. The summed E-state index contributed by atoms with van der Waals surface area (Å²) in [5.74, 6) is -0.651. The number of hydrogen-bond acceptors (Lipinski definition) is 3. The van der Waals surface area contributed by atoms with Crippen molar-refractivity contribution in [2.24, 2.45) is 5.73 Å². The first-order valence-corrected chi connectivity index (χ1v) is 4.72. The number of primary amides is 1. The van der Waals surface area contributed by atoms with Gasteiger partial charge in [0.05, 0.1) is 4.90 Å². The predicted molar refractivity (Wildman–Crippen MR) is 52.0 cm³/mol. The van der Waals surface area contributed by atoms with E-state index >= 15 is 0 Å². The van der Waals surface area contributed by atoms with Crippen LogP contribution in [0.3, 0.4) is 0 Å². The third-order valence-corrected chi connectivity index (χ3v) is 2.30. The third-order valence-electron chi connectivity index (χ3n) is 1.44. The molecule has 0 aliphatic rings. The Morgan fingerprint density at radius 3 is 1.93 bits per heavy atom. The van der Waals surface area contributed by atoms with Gasteiger partial charge in [-0.25, -0.2) is 0 Å². The lowest BCUT2D eigenvalue weighted by atomic mass is 10.2. The summed E-state index contributed by atoms with van der Waals surface area (Å²) in [6.07, 6.45) is 0. The molecule has 0 saturated heterocycles. The lowest BCUT2D eigenvalue weighted by molar-refractivity contribution is 0.1000. The number of halogens is 1. The summed E-state index contributed by atoms with van der Waals surface area (Å²) < 4.78 is 29.7. The maximum atomic E-state index is 10.6. The summed E-state index contributed by atoms with van der Waals surface area (Å²) in [5, 5.41) is 0. The van der Waals surface area contributed by atoms with Crippen molar-refractivity contribution in [1.29, 1.82) is 0 Å². The Kier molecular flexibility index (Phi) is 4.06. The fourth-order valence-electron chi connectivity index (χ4n) is 0.791. The smallest absolute Gasteiger partial charge is 0.294 e. The van der Waals surface area contributed by atoms with Gasteiger partial charge in [0.2, 0.25) is 5.91 Å². The number of rotatable bonds is 2. The maximum absolute atomic E-state index is 10.6. The second kappa shape index (κ2) is 4.41. The maximum Gasteiger partial charge on any atom is 0.294 e. The van der Waals surface area contributed by atoms with Crippen molar-refractivity contribution >= 4 is 28.4 Å². The van der Waals surface area contributed by atoms with Crippen molar-refractivity contribution in [1.82, 2.24) is 0 Å². The molecular weight excluding hydrogens is 230 g/mol. The van der Waals surface area contributed by atoms with E-state index in [1.54, 1.807) is 0 Å². The minimum absolute atomic E-state index is 0. The summed E-state index contributed by atoms with van der Waals surface area (Å²) in [6.45, 7) is 0. The molecule has 1 aromatic rings. The molecular formula is C7H8ClNO4S. The highest BCUT2D eigenvalue weighted by Crippen LogP contribution is 2.09. The highest BCUT2D eigenvalue weighted by atomic mass is 35.5. The van der Waals surface area contributed by atoms with Crippen LogP contribution in [0.15, 0.2) is 29.2 Å². The number of hydrogen-bond donors (Lipinski definition) is 2. The van der Waals surface area contributed by atoms with Crippen LogP contribution in [-0.4, -0.2) is 18.9 Å².